The van der Waals surface area contributed by atoms with Crippen molar-refractivity contribution in [2.24, 2.45) is 5.41 Å². The number of rotatable bonds is 4. The number of amides is 2. The zero-order valence-corrected chi connectivity index (χ0v) is 16.2. The molecular weight excluding hydrogens is 368 g/mol. The number of methoxy groups -OCH3 is 1. The highest BCUT2D eigenvalue weighted by Gasteiger charge is 2.45. The summed E-state index contributed by atoms with van der Waals surface area (Å²) >= 11 is 6.13. The Morgan fingerprint density at radius 1 is 1.30 bits per heavy atom. The number of carbonyl (C=O) groups is 2. The van der Waals surface area contributed by atoms with Gasteiger partial charge in [-0.15, -0.1) is 0 Å². The third-order valence-corrected chi connectivity index (χ3v) is 6.08. The van der Waals surface area contributed by atoms with Gasteiger partial charge in [0.25, 0.3) is 5.91 Å². The van der Waals surface area contributed by atoms with Gasteiger partial charge < -0.3 is 19.9 Å². The Morgan fingerprint density at radius 2 is 2.00 bits per heavy atom. The van der Waals surface area contributed by atoms with Crippen LogP contribution < -0.4 is 10.1 Å². The van der Waals surface area contributed by atoms with Gasteiger partial charge >= 0.3 is 0 Å². The number of carbonyl (C=O) groups excluding carboxylic acids is 2. The number of H-pyrrole nitrogens is 1. The Balaban J connectivity index is 1.42. The number of piperidine rings is 1. The van der Waals surface area contributed by atoms with E-state index in [1.807, 2.05) is 4.90 Å². The average molecular weight is 391 g/mol. The van der Waals surface area contributed by atoms with Gasteiger partial charge in [-0.3, -0.25) is 9.59 Å². The van der Waals surface area contributed by atoms with Crippen molar-refractivity contribution in [2.45, 2.75) is 38.6 Å². The van der Waals surface area contributed by atoms with Crippen molar-refractivity contribution in [1.29, 1.82) is 0 Å². The van der Waals surface area contributed by atoms with Gasteiger partial charge in [0.05, 0.1) is 12.6 Å². The van der Waals surface area contributed by atoms with Crippen molar-refractivity contribution in [2.75, 3.05) is 20.2 Å². The van der Waals surface area contributed by atoms with Gasteiger partial charge in [0, 0.05) is 24.5 Å². The van der Waals surface area contributed by atoms with E-state index >= 15 is 0 Å². The predicted octanol–water partition coefficient (Wildman–Crippen LogP) is 2.75. The maximum atomic E-state index is 12.7. The molecule has 1 atom stereocenters. The fourth-order valence-electron chi connectivity index (χ4n) is 3.79. The number of hydrogen-bond donors (Lipinski definition) is 2. The molecule has 0 aromatic carbocycles. The summed E-state index contributed by atoms with van der Waals surface area (Å²) in [6, 6.07) is 2.79. The van der Waals surface area contributed by atoms with E-state index in [2.05, 4.69) is 15.3 Å². The van der Waals surface area contributed by atoms with E-state index in [0.717, 1.165) is 31.3 Å². The summed E-state index contributed by atoms with van der Waals surface area (Å²) in [6.45, 7) is 3.29. The van der Waals surface area contributed by atoms with Crippen LogP contribution in [0.3, 0.4) is 0 Å². The highest BCUT2D eigenvalue weighted by atomic mass is 35.5. The third kappa shape index (κ3) is 3.48. The lowest BCUT2D eigenvalue weighted by atomic mass is 9.93. The molecule has 0 radical (unpaired) electrons. The van der Waals surface area contributed by atoms with Gasteiger partial charge in [-0.05, 0) is 44.1 Å². The van der Waals surface area contributed by atoms with Crippen LogP contribution >= 0.6 is 11.6 Å². The normalized spacial score (nSPS) is 19.1. The molecule has 1 aliphatic heterocycles. The Morgan fingerprint density at radius 3 is 2.63 bits per heavy atom. The summed E-state index contributed by atoms with van der Waals surface area (Å²) in [7, 11) is 1.50. The summed E-state index contributed by atoms with van der Waals surface area (Å²) < 4.78 is 5.09. The van der Waals surface area contributed by atoms with Crippen molar-refractivity contribution in [3.8, 4) is 5.88 Å². The minimum Gasteiger partial charge on any atom is -0.481 e. The molecule has 2 N–H and O–H groups in total. The molecule has 144 valence electrons. The lowest BCUT2D eigenvalue weighted by Crippen LogP contribution is -2.49. The van der Waals surface area contributed by atoms with Crippen LogP contribution in [0.1, 0.15) is 43.1 Å². The molecule has 0 bridgehead atoms. The summed E-state index contributed by atoms with van der Waals surface area (Å²) in [5.41, 5.74) is 1.41. The first-order valence-corrected chi connectivity index (χ1v) is 9.61. The molecule has 3 heterocycles. The van der Waals surface area contributed by atoms with Crippen LogP contribution in [0.4, 0.5) is 0 Å². The first-order valence-electron chi connectivity index (χ1n) is 9.24. The van der Waals surface area contributed by atoms with Crippen LogP contribution in [0.2, 0.25) is 5.15 Å². The van der Waals surface area contributed by atoms with Crippen molar-refractivity contribution in [3.05, 3.63) is 23.0 Å². The summed E-state index contributed by atoms with van der Waals surface area (Å²) in [4.78, 5) is 34.2. The van der Waals surface area contributed by atoms with Gasteiger partial charge in [0.2, 0.25) is 11.8 Å². The minimum atomic E-state index is -0.583. The second kappa shape index (κ2) is 6.71. The van der Waals surface area contributed by atoms with E-state index in [1.54, 1.807) is 19.1 Å². The second-order valence-corrected chi connectivity index (χ2v) is 7.98. The Labute approximate surface area is 162 Å². The van der Waals surface area contributed by atoms with Crippen molar-refractivity contribution < 1.29 is 14.3 Å². The van der Waals surface area contributed by atoms with E-state index in [-0.39, 0.29) is 17.0 Å². The molecule has 2 amide bonds. The molecule has 2 aromatic heterocycles. The standard InChI is InChI=1S/C19H23ClN4O3/c1-11(18(26)24-7-5-19(3-4-19)6-8-24)21-17(25)13-9-12-10-14(27-2)23-16(20)15(12)22-13/h9-11,22H,3-8H2,1-2H3,(H,21,25)/t11-/m0/s1. The Hall–Kier alpha value is -2.28. The Bertz CT molecular complexity index is 896. The van der Waals surface area contributed by atoms with E-state index in [9.17, 15) is 9.59 Å². The lowest BCUT2D eigenvalue weighted by molar-refractivity contribution is -0.134. The molecule has 1 saturated carbocycles. The number of likely N-dealkylation sites (tertiary alicyclic amines) is 1. The first-order chi connectivity index (χ1) is 12.9. The molecular formula is C19H23ClN4O3. The van der Waals surface area contributed by atoms with Crippen LogP contribution in [0, 0.1) is 5.41 Å². The molecule has 27 heavy (non-hydrogen) atoms. The summed E-state index contributed by atoms with van der Waals surface area (Å²) in [5, 5.41) is 3.74. The highest BCUT2D eigenvalue weighted by molar-refractivity contribution is 6.34. The van der Waals surface area contributed by atoms with Gasteiger partial charge in [0.15, 0.2) is 5.15 Å². The van der Waals surface area contributed by atoms with Crippen molar-refractivity contribution in [3.63, 3.8) is 0 Å². The molecule has 1 aliphatic carbocycles. The molecule has 1 spiro atoms. The van der Waals surface area contributed by atoms with E-state index in [0.29, 0.717) is 22.5 Å². The molecule has 2 aromatic rings. The smallest absolute Gasteiger partial charge is 0.268 e. The fraction of sp³-hybridized carbons (Fsp3) is 0.526. The topological polar surface area (TPSA) is 87.3 Å². The molecule has 2 aliphatic rings. The minimum absolute atomic E-state index is 0.0312. The molecule has 2 fully saturated rings. The van der Waals surface area contributed by atoms with Crippen molar-refractivity contribution in [1.82, 2.24) is 20.2 Å². The van der Waals surface area contributed by atoms with Crippen LogP contribution in [0.15, 0.2) is 12.1 Å². The van der Waals surface area contributed by atoms with Gasteiger partial charge in [-0.2, -0.15) is 4.98 Å². The largest absolute Gasteiger partial charge is 0.481 e. The number of ether oxygens (including phenoxy) is 1. The zero-order chi connectivity index (χ0) is 19.2. The lowest BCUT2D eigenvalue weighted by Gasteiger charge is -2.33. The van der Waals surface area contributed by atoms with Gasteiger partial charge in [0.1, 0.15) is 11.7 Å². The maximum absolute atomic E-state index is 12.7. The second-order valence-electron chi connectivity index (χ2n) is 7.62. The first kappa shape index (κ1) is 18.1. The van der Waals surface area contributed by atoms with E-state index in [1.165, 1.54) is 20.0 Å². The van der Waals surface area contributed by atoms with Gasteiger partial charge in [-0.25, -0.2) is 0 Å². The van der Waals surface area contributed by atoms with Crippen LogP contribution in [-0.4, -0.2) is 52.9 Å². The third-order valence-electron chi connectivity index (χ3n) is 5.81. The Kier molecular flexibility index (Phi) is 4.50. The van der Waals surface area contributed by atoms with E-state index in [4.69, 9.17) is 16.3 Å². The van der Waals surface area contributed by atoms with Crippen LogP contribution in [0.25, 0.3) is 10.9 Å². The average Bonchev–Trinajstić information content (AvgIpc) is 3.26. The molecule has 8 heteroatoms. The molecule has 1 saturated heterocycles. The zero-order valence-electron chi connectivity index (χ0n) is 15.5. The summed E-state index contributed by atoms with van der Waals surface area (Å²) in [6.07, 6.45) is 4.75. The van der Waals surface area contributed by atoms with Crippen LogP contribution in [-0.2, 0) is 4.79 Å². The summed E-state index contributed by atoms with van der Waals surface area (Å²) in [5.74, 6) is -0.00498. The quantitative estimate of drug-likeness (QED) is 0.786. The monoisotopic (exact) mass is 390 g/mol. The molecule has 0 unspecified atom stereocenters. The molecule has 7 nitrogen and oxygen atoms in total. The highest BCUT2D eigenvalue weighted by Crippen LogP contribution is 2.53. The van der Waals surface area contributed by atoms with Crippen LogP contribution in [0.5, 0.6) is 5.88 Å². The van der Waals surface area contributed by atoms with Gasteiger partial charge in [-0.1, -0.05) is 11.6 Å². The number of aromatic amines is 1. The number of nitrogens with one attached hydrogen (secondary N) is 2. The predicted molar refractivity (Wildman–Crippen MR) is 102 cm³/mol. The number of pyridine rings is 1. The number of hydrogen-bond acceptors (Lipinski definition) is 4. The SMILES string of the molecule is COc1cc2cc(C(=O)N[C@@H](C)C(=O)N3CCC4(CC3)CC4)[nH]c2c(Cl)n1. The number of fused-ring (bicyclic) bond motifs is 1. The van der Waals surface area contributed by atoms with E-state index < -0.39 is 6.04 Å². The fourth-order valence-corrected chi connectivity index (χ4v) is 4.03. The molecule has 4 rings (SSSR count). The number of aromatic nitrogens is 2. The number of halogens is 1. The number of nitrogens with zero attached hydrogens (tertiary/aromatic N) is 2. The maximum Gasteiger partial charge on any atom is 0.268 e. The van der Waals surface area contributed by atoms with Crippen molar-refractivity contribution >= 4 is 34.3 Å².